The van der Waals surface area contributed by atoms with Gasteiger partial charge in [-0.2, -0.15) is 5.10 Å². The van der Waals surface area contributed by atoms with Gasteiger partial charge in [-0.1, -0.05) is 35.5 Å². The molecule has 4 rings (SSSR count). The molecule has 1 N–H and O–H groups in total. The zero-order valence-electron chi connectivity index (χ0n) is 14.0. The van der Waals surface area contributed by atoms with E-state index in [9.17, 15) is 0 Å². The fraction of sp³-hybridized carbons (Fsp3) is 0.316. The Morgan fingerprint density at radius 1 is 1.16 bits per heavy atom. The molecular formula is C19H21N5O. The van der Waals surface area contributed by atoms with E-state index in [1.807, 2.05) is 48.5 Å². The fourth-order valence-electron chi connectivity index (χ4n) is 3.30. The Labute approximate surface area is 146 Å². The van der Waals surface area contributed by atoms with Crippen LogP contribution in [0, 0.1) is 0 Å². The van der Waals surface area contributed by atoms with Crippen LogP contribution in [0.25, 0.3) is 11.3 Å². The van der Waals surface area contributed by atoms with Gasteiger partial charge in [0.1, 0.15) is 5.69 Å². The Balaban J connectivity index is 1.33. The first kappa shape index (κ1) is 15.8. The summed E-state index contributed by atoms with van der Waals surface area (Å²) in [5.74, 6) is 1.81. The van der Waals surface area contributed by atoms with Gasteiger partial charge in [0.25, 0.3) is 0 Å². The fourth-order valence-corrected chi connectivity index (χ4v) is 3.30. The minimum Gasteiger partial charge on any atom is -0.359 e. The molecule has 1 aromatic carbocycles. The second kappa shape index (κ2) is 7.44. The van der Waals surface area contributed by atoms with Gasteiger partial charge >= 0.3 is 0 Å². The minimum absolute atomic E-state index is 0.438. The van der Waals surface area contributed by atoms with Crippen LogP contribution in [0.5, 0.6) is 0 Å². The maximum Gasteiger partial charge on any atom is 0.151 e. The van der Waals surface area contributed by atoms with Crippen molar-refractivity contribution in [3.05, 3.63) is 60.5 Å². The van der Waals surface area contributed by atoms with Crippen molar-refractivity contribution in [2.24, 2.45) is 0 Å². The summed E-state index contributed by atoms with van der Waals surface area (Å²) in [7, 11) is 0. The lowest BCUT2D eigenvalue weighted by atomic mass is 10.1. The molecule has 0 amide bonds. The topological polar surface area (TPSA) is 67.1 Å². The number of anilines is 1. The van der Waals surface area contributed by atoms with Gasteiger partial charge in [-0.15, -0.1) is 5.10 Å². The molecule has 3 aromatic rings. The molecule has 1 atom stereocenters. The Morgan fingerprint density at radius 3 is 2.92 bits per heavy atom. The molecule has 1 unspecified atom stereocenters. The summed E-state index contributed by atoms with van der Waals surface area (Å²) in [6.07, 6.45) is 4.06. The SMILES string of the molecule is c1ccc(-c2cc(CNCC3CCCN3c3cccnn3)on2)cc1. The van der Waals surface area contributed by atoms with Gasteiger partial charge < -0.3 is 14.7 Å². The molecule has 25 heavy (non-hydrogen) atoms. The Kier molecular flexibility index (Phi) is 4.70. The van der Waals surface area contributed by atoms with Gasteiger partial charge in [0.05, 0.1) is 6.54 Å². The maximum absolute atomic E-state index is 5.45. The lowest BCUT2D eigenvalue weighted by Gasteiger charge is -2.25. The van der Waals surface area contributed by atoms with E-state index < -0.39 is 0 Å². The molecule has 0 bridgehead atoms. The zero-order valence-corrected chi connectivity index (χ0v) is 14.0. The summed E-state index contributed by atoms with van der Waals surface area (Å²) in [5, 5.41) is 15.9. The number of nitrogens with zero attached hydrogens (tertiary/aromatic N) is 4. The van der Waals surface area contributed by atoms with Crippen molar-refractivity contribution < 1.29 is 4.52 Å². The molecule has 128 valence electrons. The molecule has 3 heterocycles. The van der Waals surface area contributed by atoms with Crippen LogP contribution < -0.4 is 10.2 Å². The van der Waals surface area contributed by atoms with E-state index in [1.54, 1.807) is 6.20 Å². The third-order valence-electron chi connectivity index (χ3n) is 4.54. The smallest absolute Gasteiger partial charge is 0.151 e. The largest absolute Gasteiger partial charge is 0.359 e. The van der Waals surface area contributed by atoms with Crippen LogP contribution in [-0.4, -0.2) is 34.5 Å². The van der Waals surface area contributed by atoms with Crippen LogP contribution in [0.15, 0.2) is 59.3 Å². The van der Waals surface area contributed by atoms with E-state index in [2.05, 4.69) is 25.6 Å². The van der Waals surface area contributed by atoms with E-state index >= 15 is 0 Å². The first-order chi connectivity index (χ1) is 12.4. The van der Waals surface area contributed by atoms with Crippen LogP contribution in [0.4, 0.5) is 5.82 Å². The molecule has 1 saturated heterocycles. The Bertz CT molecular complexity index is 790. The average molecular weight is 335 g/mol. The van der Waals surface area contributed by atoms with Gasteiger partial charge in [-0.05, 0) is 25.0 Å². The highest BCUT2D eigenvalue weighted by atomic mass is 16.5. The third-order valence-corrected chi connectivity index (χ3v) is 4.54. The van der Waals surface area contributed by atoms with Crippen molar-refractivity contribution in [3.8, 4) is 11.3 Å². The summed E-state index contributed by atoms with van der Waals surface area (Å²) in [6.45, 7) is 2.59. The van der Waals surface area contributed by atoms with E-state index in [-0.39, 0.29) is 0 Å². The van der Waals surface area contributed by atoms with Gasteiger partial charge in [0.15, 0.2) is 11.6 Å². The van der Waals surface area contributed by atoms with Crippen LogP contribution in [-0.2, 0) is 6.54 Å². The Morgan fingerprint density at radius 2 is 2.08 bits per heavy atom. The van der Waals surface area contributed by atoms with Crippen LogP contribution in [0.2, 0.25) is 0 Å². The predicted octanol–water partition coefficient (Wildman–Crippen LogP) is 2.89. The zero-order chi connectivity index (χ0) is 16.9. The quantitative estimate of drug-likeness (QED) is 0.747. The second-order valence-electron chi connectivity index (χ2n) is 6.25. The molecule has 0 spiro atoms. The first-order valence-electron chi connectivity index (χ1n) is 8.66. The predicted molar refractivity (Wildman–Crippen MR) is 96.0 cm³/mol. The molecule has 2 aromatic heterocycles. The van der Waals surface area contributed by atoms with Crippen molar-refractivity contribution in [3.63, 3.8) is 0 Å². The molecule has 0 saturated carbocycles. The van der Waals surface area contributed by atoms with Crippen molar-refractivity contribution in [2.75, 3.05) is 18.0 Å². The van der Waals surface area contributed by atoms with E-state index in [4.69, 9.17) is 4.52 Å². The summed E-state index contributed by atoms with van der Waals surface area (Å²) < 4.78 is 5.45. The normalized spacial score (nSPS) is 17.1. The van der Waals surface area contributed by atoms with Crippen LogP contribution in [0.1, 0.15) is 18.6 Å². The van der Waals surface area contributed by atoms with Crippen molar-refractivity contribution in [1.29, 1.82) is 0 Å². The standard InChI is InChI=1S/C19H21N5O/c1-2-6-15(7-3-1)18-12-17(25-23-18)14-20-13-16-8-5-11-24(16)19-9-4-10-21-22-19/h1-4,6-7,9-10,12,16,20H,5,8,11,13-14H2. The molecule has 6 nitrogen and oxygen atoms in total. The van der Waals surface area contributed by atoms with Crippen molar-refractivity contribution in [1.82, 2.24) is 20.7 Å². The Hall–Kier alpha value is -2.73. The van der Waals surface area contributed by atoms with E-state index in [0.29, 0.717) is 12.6 Å². The number of benzene rings is 1. The maximum atomic E-state index is 5.45. The average Bonchev–Trinajstić information content (AvgIpc) is 3.33. The number of hydrogen-bond acceptors (Lipinski definition) is 6. The lowest BCUT2D eigenvalue weighted by Crippen LogP contribution is -2.38. The van der Waals surface area contributed by atoms with E-state index in [0.717, 1.165) is 42.3 Å². The van der Waals surface area contributed by atoms with Crippen LogP contribution >= 0.6 is 0 Å². The van der Waals surface area contributed by atoms with Crippen molar-refractivity contribution >= 4 is 5.82 Å². The van der Waals surface area contributed by atoms with Crippen LogP contribution in [0.3, 0.4) is 0 Å². The monoisotopic (exact) mass is 335 g/mol. The molecule has 0 radical (unpaired) electrons. The highest BCUT2D eigenvalue weighted by Gasteiger charge is 2.25. The number of rotatable bonds is 6. The molecule has 1 aliphatic heterocycles. The third kappa shape index (κ3) is 3.69. The lowest BCUT2D eigenvalue weighted by molar-refractivity contribution is 0.372. The highest BCUT2D eigenvalue weighted by Crippen LogP contribution is 2.23. The number of hydrogen-bond donors (Lipinski definition) is 1. The number of nitrogens with one attached hydrogen (secondary N) is 1. The molecular weight excluding hydrogens is 314 g/mol. The van der Waals surface area contributed by atoms with Gasteiger partial charge in [-0.3, -0.25) is 0 Å². The summed E-state index contributed by atoms with van der Waals surface area (Å²) in [5.41, 5.74) is 1.95. The summed E-state index contributed by atoms with van der Waals surface area (Å²) in [6, 6.07) is 16.5. The highest BCUT2D eigenvalue weighted by molar-refractivity contribution is 5.58. The number of aromatic nitrogens is 3. The first-order valence-corrected chi connectivity index (χ1v) is 8.66. The van der Waals surface area contributed by atoms with Gasteiger partial charge in [-0.25, -0.2) is 0 Å². The second-order valence-corrected chi connectivity index (χ2v) is 6.25. The van der Waals surface area contributed by atoms with Gasteiger partial charge in [0.2, 0.25) is 0 Å². The molecule has 0 aliphatic carbocycles. The van der Waals surface area contributed by atoms with E-state index in [1.165, 1.54) is 6.42 Å². The minimum atomic E-state index is 0.438. The summed E-state index contributed by atoms with van der Waals surface area (Å²) in [4.78, 5) is 2.33. The van der Waals surface area contributed by atoms with Crippen molar-refractivity contribution in [2.45, 2.75) is 25.4 Å². The van der Waals surface area contributed by atoms with Gasteiger partial charge in [0, 0.05) is 37.0 Å². The molecule has 1 fully saturated rings. The summed E-state index contributed by atoms with van der Waals surface area (Å²) >= 11 is 0. The molecule has 6 heteroatoms. The molecule has 1 aliphatic rings.